The van der Waals surface area contributed by atoms with Crippen LogP contribution in [-0.4, -0.2) is 72.1 Å². The van der Waals surface area contributed by atoms with Crippen molar-refractivity contribution in [3.8, 4) is 5.75 Å². The lowest BCUT2D eigenvalue weighted by molar-refractivity contribution is -0.144. The number of ketones is 1. The molecule has 2 saturated heterocycles. The van der Waals surface area contributed by atoms with Gasteiger partial charge in [-0.3, -0.25) is 24.0 Å². The second-order valence-corrected chi connectivity index (χ2v) is 11.9. The first-order valence-electron chi connectivity index (χ1n) is 13.3. The van der Waals surface area contributed by atoms with Crippen molar-refractivity contribution >= 4 is 41.0 Å². The molecule has 1 aromatic carbocycles. The van der Waals surface area contributed by atoms with Crippen LogP contribution in [0.3, 0.4) is 0 Å². The van der Waals surface area contributed by atoms with E-state index in [1.54, 1.807) is 0 Å². The average Bonchev–Trinajstić information content (AvgIpc) is 3.64. The van der Waals surface area contributed by atoms with E-state index in [0.29, 0.717) is 19.5 Å². The van der Waals surface area contributed by atoms with Crippen molar-refractivity contribution in [1.82, 2.24) is 20.9 Å². The van der Waals surface area contributed by atoms with Gasteiger partial charge in [0.15, 0.2) is 6.61 Å². The van der Waals surface area contributed by atoms with E-state index in [4.69, 9.17) is 16.3 Å². The fourth-order valence-corrected chi connectivity index (χ4v) is 6.17. The number of carbonyl (C=O) groups excluding carboxylic acids is 5. The molecular formula is C27H32ClFN4O6. The largest absolute Gasteiger partial charge is 0.482 e. The second-order valence-electron chi connectivity index (χ2n) is 11.5. The first kappa shape index (κ1) is 27.4. The van der Waals surface area contributed by atoms with E-state index in [0.717, 1.165) is 25.0 Å². The molecule has 2 aliphatic heterocycles. The van der Waals surface area contributed by atoms with Gasteiger partial charge in [-0.05, 0) is 61.1 Å². The van der Waals surface area contributed by atoms with E-state index in [-0.39, 0.29) is 46.4 Å². The Morgan fingerprint density at radius 1 is 1.23 bits per heavy atom. The zero-order chi connectivity index (χ0) is 28.1. The summed E-state index contributed by atoms with van der Waals surface area (Å²) in [7, 11) is 0. The summed E-state index contributed by atoms with van der Waals surface area (Å²) in [6, 6.07) is 1.45. The molecule has 5 rings (SSSR count). The molecule has 12 heteroatoms. The lowest BCUT2D eigenvalue weighted by Gasteiger charge is -2.31. The molecule has 0 unspecified atom stereocenters. The van der Waals surface area contributed by atoms with Gasteiger partial charge < -0.3 is 25.6 Å². The van der Waals surface area contributed by atoms with Crippen molar-refractivity contribution in [1.29, 1.82) is 0 Å². The lowest BCUT2D eigenvalue weighted by Crippen LogP contribution is -2.56. The van der Waals surface area contributed by atoms with Crippen LogP contribution in [0.2, 0.25) is 5.02 Å². The number of Topliss-reactive ketones (excluding diaryl/α,β-unsaturated/α-hetero) is 1. The van der Waals surface area contributed by atoms with E-state index >= 15 is 0 Å². The summed E-state index contributed by atoms with van der Waals surface area (Å²) in [5.74, 6) is -3.76. The van der Waals surface area contributed by atoms with Crippen molar-refractivity contribution in [2.45, 2.75) is 57.7 Å². The fraction of sp³-hybridized carbons (Fsp3) is 0.593. The summed E-state index contributed by atoms with van der Waals surface area (Å²) in [6.07, 6.45) is 2.09. The first-order chi connectivity index (χ1) is 18.5. The van der Waals surface area contributed by atoms with Crippen LogP contribution < -0.4 is 20.7 Å². The van der Waals surface area contributed by atoms with Crippen LogP contribution in [-0.2, 0) is 24.0 Å². The number of amides is 4. The van der Waals surface area contributed by atoms with Gasteiger partial charge in [-0.25, -0.2) is 4.39 Å². The molecule has 10 nitrogen and oxygen atoms in total. The Balaban J connectivity index is 1.30. The summed E-state index contributed by atoms with van der Waals surface area (Å²) in [6.45, 7) is 4.43. The number of likely N-dealkylation sites (tertiary alicyclic amines) is 1. The van der Waals surface area contributed by atoms with E-state index in [9.17, 15) is 28.4 Å². The highest BCUT2D eigenvalue weighted by molar-refractivity contribution is 6.38. The molecule has 4 aliphatic rings. The van der Waals surface area contributed by atoms with Gasteiger partial charge in [0, 0.05) is 25.0 Å². The number of rotatable bonds is 10. The predicted octanol–water partition coefficient (Wildman–Crippen LogP) is 1.20. The number of ether oxygens (including phenoxy) is 1. The molecule has 0 bridgehead atoms. The molecule has 210 valence electrons. The van der Waals surface area contributed by atoms with E-state index in [2.05, 4.69) is 16.0 Å². The highest BCUT2D eigenvalue weighted by Gasteiger charge is 2.69. The maximum absolute atomic E-state index is 13.7. The van der Waals surface area contributed by atoms with Crippen LogP contribution in [0.15, 0.2) is 18.2 Å². The molecule has 4 amide bonds. The number of carbonyl (C=O) groups is 5. The minimum absolute atomic E-state index is 0.00117. The molecule has 1 aromatic rings. The average molecular weight is 563 g/mol. The van der Waals surface area contributed by atoms with Gasteiger partial charge in [-0.1, -0.05) is 25.4 Å². The third kappa shape index (κ3) is 5.59. The normalized spacial score (nSPS) is 27.3. The number of fused-ring (bicyclic) bond motifs is 1. The maximum atomic E-state index is 13.7. The standard InChI is InChI=1S/C27H32ClFN4O6/c1-27(2)16-11-33(20(34)12-39-19-6-3-14(29)10-17(19)28)22(21(16)27)25(37)32-18(9-13-7-8-30-24(13)36)23(35)26(38)31-15-4-5-15/h3,6,10,13,15-16,18,21-22H,4-5,7-9,11-12H2,1-2H3,(H,30,36)(H,31,38)(H,32,37)/t13-,16-,18-,21-,22-/m0/s1. The molecule has 2 saturated carbocycles. The Kier molecular flexibility index (Phi) is 7.30. The van der Waals surface area contributed by atoms with Gasteiger partial charge in [0.1, 0.15) is 17.6 Å². The van der Waals surface area contributed by atoms with Crippen LogP contribution in [0.5, 0.6) is 5.75 Å². The number of piperidine rings is 1. The lowest BCUT2D eigenvalue weighted by atomic mass is 9.94. The van der Waals surface area contributed by atoms with Crippen molar-refractivity contribution < 1.29 is 33.1 Å². The summed E-state index contributed by atoms with van der Waals surface area (Å²) in [4.78, 5) is 66.2. The van der Waals surface area contributed by atoms with Crippen molar-refractivity contribution in [2.24, 2.45) is 23.2 Å². The first-order valence-corrected chi connectivity index (χ1v) is 13.6. The molecule has 2 heterocycles. The minimum atomic E-state index is -1.20. The van der Waals surface area contributed by atoms with Crippen LogP contribution in [0, 0.1) is 29.0 Å². The van der Waals surface area contributed by atoms with Crippen molar-refractivity contribution in [2.75, 3.05) is 19.7 Å². The Hall–Kier alpha value is -3.21. The van der Waals surface area contributed by atoms with Crippen LogP contribution >= 0.6 is 11.6 Å². The van der Waals surface area contributed by atoms with Crippen LogP contribution in [0.1, 0.15) is 39.5 Å². The molecule has 2 aliphatic carbocycles. The fourth-order valence-electron chi connectivity index (χ4n) is 5.94. The molecule has 4 fully saturated rings. The van der Waals surface area contributed by atoms with E-state index in [1.165, 1.54) is 11.0 Å². The number of nitrogens with zero attached hydrogens (tertiary/aromatic N) is 1. The van der Waals surface area contributed by atoms with Gasteiger partial charge in [0.05, 0.1) is 11.1 Å². The Morgan fingerprint density at radius 2 is 1.97 bits per heavy atom. The highest BCUT2D eigenvalue weighted by Crippen LogP contribution is 2.64. The zero-order valence-electron chi connectivity index (χ0n) is 21.8. The summed E-state index contributed by atoms with van der Waals surface area (Å²) < 4.78 is 18.9. The number of halogens is 2. The predicted molar refractivity (Wildman–Crippen MR) is 137 cm³/mol. The monoisotopic (exact) mass is 562 g/mol. The third-order valence-electron chi connectivity index (χ3n) is 8.49. The molecule has 3 N–H and O–H groups in total. The Morgan fingerprint density at radius 3 is 2.62 bits per heavy atom. The van der Waals surface area contributed by atoms with Gasteiger partial charge in [-0.2, -0.15) is 0 Å². The van der Waals surface area contributed by atoms with Crippen molar-refractivity contribution in [3.05, 3.63) is 29.0 Å². The Bertz CT molecular complexity index is 1220. The molecule has 0 radical (unpaired) electrons. The number of hydrogen-bond acceptors (Lipinski definition) is 6. The van der Waals surface area contributed by atoms with Gasteiger partial charge >= 0.3 is 0 Å². The van der Waals surface area contributed by atoms with E-state index < -0.39 is 53.9 Å². The Labute approximate surface area is 230 Å². The highest BCUT2D eigenvalue weighted by atomic mass is 35.5. The summed E-state index contributed by atoms with van der Waals surface area (Å²) in [5, 5.41) is 8.11. The van der Waals surface area contributed by atoms with E-state index in [1.807, 2.05) is 13.8 Å². The molecule has 5 atom stereocenters. The van der Waals surface area contributed by atoms with Gasteiger partial charge in [0.25, 0.3) is 11.8 Å². The van der Waals surface area contributed by atoms with Crippen LogP contribution in [0.25, 0.3) is 0 Å². The third-order valence-corrected chi connectivity index (χ3v) is 8.79. The van der Waals surface area contributed by atoms with Crippen LogP contribution in [0.4, 0.5) is 4.39 Å². The molecule has 39 heavy (non-hydrogen) atoms. The second kappa shape index (κ2) is 10.4. The van der Waals surface area contributed by atoms with Gasteiger partial charge in [-0.15, -0.1) is 0 Å². The number of nitrogens with one attached hydrogen (secondary N) is 3. The minimum Gasteiger partial charge on any atom is -0.482 e. The topological polar surface area (TPSA) is 134 Å². The molecular weight excluding hydrogens is 531 g/mol. The molecule has 0 spiro atoms. The maximum Gasteiger partial charge on any atom is 0.289 e. The number of benzene rings is 1. The summed E-state index contributed by atoms with van der Waals surface area (Å²) >= 11 is 6.00. The SMILES string of the molecule is CC1(C)[C@@H]2[C@@H](C(=O)N[C@@H](C[C@@H]3CCNC3=O)C(=O)C(=O)NC3CC3)N(C(=O)COc3ccc(F)cc3Cl)C[C@@H]21. The van der Waals surface area contributed by atoms with Gasteiger partial charge in [0.2, 0.25) is 17.6 Å². The summed E-state index contributed by atoms with van der Waals surface area (Å²) in [5.41, 5.74) is -0.186. The number of hydrogen-bond donors (Lipinski definition) is 3. The smallest absolute Gasteiger partial charge is 0.289 e. The molecule has 0 aromatic heterocycles. The quantitative estimate of drug-likeness (QED) is 0.367. The zero-order valence-corrected chi connectivity index (χ0v) is 22.6. The van der Waals surface area contributed by atoms with Crippen molar-refractivity contribution in [3.63, 3.8) is 0 Å².